The van der Waals surface area contributed by atoms with Gasteiger partial charge in [-0.15, -0.1) is 0 Å². The van der Waals surface area contributed by atoms with Gasteiger partial charge in [-0.25, -0.2) is 0 Å². The number of nitrogens with zero attached hydrogens (tertiary/aromatic N) is 1. The number of H-pyrrole nitrogens is 1. The Kier molecular flexibility index (Phi) is 3.56. The molecule has 0 spiro atoms. The minimum absolute atomic E-state index is 0.0410. The molecule has 0 unspecified atom stereocenters. The van der Waals surface area contributed by atoms with Crippen molar-refractivity contribution in [1.29, 1.82) is 0 Å². The second kappa shape index (κ2) is 5.22. The molecule has 106 valence electrons. The summed E-state index contributed by atoms with van der Waals surface area (Å²) in [5.74, 6) is 0.0410. The van der Waals surface area contributed by atoms with Gasteiger partial charge in [0.25, 0.3) is 5.91 Å². The summed E-state index contributed by atoms with van der Waals surface area (Å²) in [7, 11) is 0. The number of ether oxygens (including phenoxy) is 1. The average molecular weight is 337 g/mol. The van der Waals surface area contributed by atoms with Crippen molar-refractivity contribution in [2.75, 3.05) is 13.1 Å². The number of amides is 1. The molecule has 4 nitrogen and oxygen atoms in total. The van der Waals surface area contributed by atoms with E-state index in [2.05, 4.69) is 20.9 Å². The van der Waals surface area contributed by atoms with Gasteiger partial charge in [-0.3, -0.25) is 4.79 Å². The lowest BCUT2D eigenvalue weighted by Crippen LogP contribution is -2.48. The molecule has 2 aromatic rings. The number of halogens is 1. The van der Waals surface area contributed by atoms with Crippen LogP contribution in [0.15, 0.2) is 28.7 Å². The van der Waals surface area contributed by atoms with E-state index in [0.717, 1.165) is 15.4 Å². The van der Waals surface area contributed by atoms with E-state index in [1.165, 1.54) is 0 Å². The Balaban J connectivity index is 1.88. The molecule has 1 aliphatic rings. The van der Waals surface area contributed by atoms with E-state index in [9.17, 15) is 4.79 Å². The average Bonchev–Trinajstić information content (AvgIpc) is 2.79. The van der Waals surface area contributed by atoms with E-state index in [1.807, 2.05) is 43.0 Å². The van der Waals surface area contributed by atoms with Gasteiger partial charge in [-0.1, -0.05) is 15.9 Å². The molecule has 2 heterocycles. The second-order valence-electron chi connectivity index (χ2n) is 5.38. The maximum atomic E-state index is 12.6. The third kappa shape index (κ3) is 2.60. The summed E-state index contributed by atoms with van der Waals surface area (Å²) >= 11 is 3.45. The Labute approximate surface area is 126 Å². The number of rotatable bonds is 1. The van der Waals surface area contributed by atoms with Gasteiger partial charge in [-0.2, -0.15) is 0 Å². The highest BCUT2D eigenvalue weighted by atomic mass is 79.9. The molecule has 20 heavy (non-hydrogen) atoms. The van der Waals surface area contributed by atoms with Gasteiger partial charge in [-0.05, 0) is 38.1 Å². The molecule has 0 saturated carbocycles. The van der Waals surface area contributed by atoms with Crippen LogP contribution in [0.5, 0.6) is 0 Å². The van der Waals surface area contributed by atoms with Crippen LogP contribution in [0.3, 0.4) is 0 Å². The molecule has 1 amide bonds. The lowest BCUT2D eigenvalue weighted by Gasteiger charge is -2.35. The van der Waals surface area contributed by atoms with E-state index in [-0.39, 0.29) is 18.1 Å². The minimum atomic E-state index is 0.0410. The number of benzene rings is 1. The van der Waals surface area contributed by atoms with Crippen LogP contribution in [0.2, 0.25) is 0 Å². The SMILES string of the molecule is C[C@@H]1CN(C(=O)c2cc3cc(Br)ccc3[nH]2)C[C@H](C)O1. The van der Waals surface area contributed by atoms with E-state index < -0.39 is 0 Å². The fraction of sp³-hybridized carbons (Fsp3) is 0.400. The molecule has 1 aliphatic heterocycles. The number of aromatic nitrogens is 1. The van der Waals surface area contributed by atoms with Crippen LogP contribution < -0.4 is 0 Å². The first kappa shape index (κ1) is 13.6. The fourth-order valence-corrected chi connectivity index (χ4v) is 3.11. The Bertz CT molecular complexity index is 642. The van der Waals surface area contributed by atoms with Crippen LogP contribution in [-0.4, -0.2) is 41.1 Å². The third-order valence-electron chi connectivity index (χ3n) is 3.52. The van der Waals surface area contributed by atoms with Crippen molar-refractivity contribution in [2.45, 2.75) is 26.1 Å². The predicted octanol–water partition coefficient (Wildman–Crippen LogP) is 3.18. The summed E-state index contributed by atoms with van der Waals surface area (Å²) in [4.78, 5) is 17.6. The smallest absolute Gasteiger partial charge is 0.270 e. The molecule has 1 N–H and O–H groups in total. The molecule has 1 fully saturated rings. The van der Waals surface area contributed by atoms with Gasteiger partial charge in [0.15, 0.2) is 0 Å². The van der Waals surface area contributed by atoms with E-state index in [1.54, 1.807) is 0 Å². The third-order valence-corrected chi connectivity index (χ3v) is 4.01. The van der Waals surface area contributed by atoms with Crippen LogP contribution in [0.4, 0.5) is 0 Å². The summed E-state index contributed by atoms with van der Waals surface area (Å²) in [6, 6.07) is 7.85. The van der Waals surface area contributed by atoms with Gasteiger partial charge in [0.05, 0.1) is 12.2 Å². The number of hydrogen-bond acceptors (Lipinski definition) is 2. The zero-order valence-electron chi connectivity index (χ0n) is 11.5. The van der Waals surface area contributed by atoms with Crippen molar-refractivity contribution in [3.05, 3.63) is 34.4 Å². The highest BCUT2D eigenvalue weighted by molar-refractivity contribution is 9.10. The van der Waals surface area contributed by atoms with Crippen LogP contribution in [0.25, 0.3) is 10.9 Å². The van der Waals surface area contributed by atoms with E-state index in [0.29, 0.717) is 18.8 Å². The van der Waals surface area contributed by atoms with Gasteiger partial charge in [0, 0.05) is 28.5 Å². The van der Waals surface area contributed by atoms with Gasteiger partial charge in [0.2, 0.25) is 0 Å². The van der Waals surface area contributed by atoms with E-state index >= 15 is 0 Å². The fourth-order valence-electron chi connectivity index (χ4n) is 2.73. The topological polar surface area (TPSA) is 45.3 Å². The molecule has 1 aromatic heterocycles. The molecule has 1 aromatic carbocycles. The summed E-state index contributed by atoms with van der Waals surface area (Å²) in [5, 5.41) is 1.04. The molecular formula is C15H17BrN2O2. The van der Waals surface area contributed by atoms with Crippen molar-refractivity contribution in [3.63, 3.8) is 0 Å². The minimum Gasteiger partial charge on any atom is -0.372 e. The molecule has 3 rings (SSSR count). The normalized spacial score (nSPS) is 23.2. The maximum Gasteiger partial charge on any atom is 0.270 e. The number of carbonyl (C=O) groups is 1. The Hall–Kier alpha value is -1.33. The molecular weight excluding hydrogens is 320 g/mol. The maximum absolute atomic E-state index is 12.6. The zero-order chi connectivity index (χ0) is 14.3. The lowest BCUT2D eigenvalue weighted by molar-refractivity contribution is -0.0587. The van der Waals surface area contributed by atoms with Crippen LogP contribution in [0, 0.1) is 0 Å². The Morgan fingerprint density at radius 1 is 1.30 bits per heavy atom. The first-order chi connectivity index (χ1) is 9.52. The first-order valence-electron chi connectivity index (χ1n) is 6.76. The predicted molar refractivity (Wildman–Crippen MR) is 81.9 cm³/mol. The van der Waals surface area contributed by atoms with E-state index in [4.69, 9.17) is 4.74 Å². The number of hydrogen-bond donors (Lipinski definition) is 1. The number of nitrogens with one attached hydrogen (secondary N) is 1. The number of carbonyl (C=O) groups excluding carboxylic acids is 1. The molecule has 5 heteroatoms. The number of morpholine rings is 1. The van der Waals surface area contributed by atoms with Crippen molar-refractivity contribution in [3.8, 4) is 0 Å². The van der Waals surface area contributed by atoms with Crippen molar-refractivity contribution in [1.82, 2.24) is 9.88 Å². The van der Waals surface area contributed by atoms with Crippen LogP contribution in [-0.2, 0) is 4.74 Å². The summed E-state index contributed by atoms with van der Waals surface area (Å²) in [6.07, 6.45) is 0.169. The van der Waals surface area contributed by atoms with Gasteiger partial charge in [0.1, 0.15) is 5.69 Å². The molecule has 1 saturated heterocycles. The highest BCUT2D eigenvalue weighted by Gasteiger charge is 2.27. The summed E-state index contributed by atoms with van der Waals surface area (Å²) in [5.41, 5.74) is 1.62. The van der Waals surface area contributed by atoms with Gasteiger partial charge < -0.3 is 14.6 Å². The van der Waals surface area contributed by atoms with Gasteiger partial charge >= 0.3 is 0 Å². The highest BCUT2D eigenvalue weighted by Crippen LogP contribution is 2.22. The Morgan fingerprint density at radius 2 is 2.00 bits per heavy atom. The molecule has 0 radical (unpaired) electrons. The van der Waals surface area contributed by atoms with Crippen LogP contribution in [0.1, 0.15) is 24.3 Å². The molecule has 0 bridgehead atoms. The second-order valence-corrected chi connectivity index (χ2v) is 6.30. The number of fused-ring (bicyclic) bond motifs is 1. The Morgan fingerprint density at radius 3 is 2.70 bits per heavy atom. The van der Waals surface area contributed by atoms with Crippen molar-refractivity contribution < 1.29 is 9.53 Å². The van der Waals surface area contributed by atoms with Crippen molar-refractivity contribution in [2.24, 2.45) is 0 Å². The molecule has 0 aliphatic carbocycles. The molecule has 2 atom stereocenters. The first-order valence-corrected chi connectivity index (χ1v) is 7.55. The lowest BCUT2D eigenvalue weighted by atomic mass is 10.2. The monoisotopic (exact) mass is 336 g/mol. The zero-order valence-corrected chi connectivity index (χ0v) is 13.1. The summed E-state index contributed by atoms with van der Waals surface area (Å²) < 4.78 is 6.68. The van der Waals surface area contributed by atoms with Crippen molar-refractivity contribution >= 4 is 32.7 Å². The standard InChI is InChI=1S/C15H17BrN2O2/c1-9-7-18(8-10(2)20-9)15(19)14-6-11-5-12(16)3-4-13(11)17-14/h3-6,9-10,17H,7-8H2,1-2H3/t9-,10+. The summed E-state index contributed by atoms with van der Waals surface area (Å²) in [6.45, 7) is 5.28. The largest absolute Gasteiger partial charge is 0.372 e. The van der Waals surface area contributed by atoms with Crippen LogP contribution >= 0.6 is 15.9 Å². The quantitative estimate of drug-likeness (QED) is 0.869. The number of aromatic amines is 1.